The zero-order valence-corrected chi connectivity index (χ0v) is 16.0. The summed E-state index contributed by atoms with van der Waals surface area (Å²) in [7, 11) is 0. The smallest absolute Gasteiger partial charge is 0.319 e. The zero-order valence-electron chi connectivity index (χ0n) is 14.4. The van der Waals surface area contributed by atoms with E-state index in [1.807, 2.05) is 47.4 Å². The van der Waals surface area contributed by atoms with Gasteiger partial charge in [-0.2, -0.15) is 0 Å². The maximum atomic E-state index is 13.0. The van der Waals surface area contributed by atoms with Gasteiger partial charge in [0.15, 0.2) is 0 Å². The molecule has 1 aromatic heterocycles. The molecule has 1 atom stereocenters. The van der Waals surface area contributed by atoms with Gasteiger partial charge in [0.05, 0.1) is 11.0 Å². The second-order valence-electron chi connectivity index (χ2n) is 6.30. The number of thiophene rings is 1. The van der Waals surface area contributed by atoms with Gasteiger partial charge < -0.3 is 5.32 Å². The average Bonchev–Trinajstić information content (AvgIpc) is 3.12. The Balaban J connectivity index is 1.78. The van der Waals surface area contributed by atoms with Crippen LogP contribution in [0.15, 0.2) is 55.1 Å². The summed E-state index contributed by atoms with van der Waals surface area (Å²) in [6.45, 7) is 6.83. The highest BCUT2D eigenvalue weighted by Crippen LogP contribution is 2.29. The quantitative estimate of drug-likeness (QED) is 0.578. The van der Waals surface area contributed by atoms with Gasteiger partial charge in [-0.25, -0.2) is 9.69 Å². The second-order valence-corrected chi connectivity index (χ2v) is 8.10. The van der Waals surface area contributed by atoms with Crippen LogP contribution in [0.2, 0.25) is 4.34 Å². The number of imide groups is 1. The first-order valence-corrected chi connectivity index (χ1v) is 9.40. The lowest BCUT2D eigenvalue weighted by molar-refractivity contribution is -0.132. The summed E-state index contributed by atoms with van der Waals surface area (Å²) in [5.74, 6) is -0.257. The first-order valence-electron chi connectivity index (χ1n) is 8.21. The molecule has 1 aromatic carbocycles. The number of carbonyl (C=O) groups is 2. The zero-order chi connectivity index (χ0) is 18.7. The Morgan fingerprint density at radius 1 is 1.27 bits per heavy atom. The number of hydrogen-bond donors (Lipinski definition) is 1. The van der Waals surface area contributed by atoms with Crippen molar-refractivity contribution < 1.29 is 9.59 Å². The standard InChI is InChI=1S/C19H20ClN3O2S/c1-3-11-22(12-15-9-10-16(20)26-15)13-23-17(24)19(2,21-18(23)25)14-7-5-4-6-8-14/h3-10H,1,11-13H2,2H3,(H,21,25)/t19-/m1/s1. The fourth-order valence-corrected chi connectivity index (χ4v) is 4.13. The van der Waals surface area contributed by atoms with Crippen LogP contribution in [0.1, 0.15) is 17.4 Å². The largest absolute Gasteiger partial charge is 0.326 e. The van der Waals surface area contributed by atoms with Crippen molar-refractivity contribution in [2.75, 3.05) is 13.2 Å². The maximum Gasteiger partial charge on any atom is 0.326 e. The summed E-state index contributed by atoms with van der Waals surface area (Å²) >= 11 is 7.48. The van der Waals surface area contributed by atoms with Gasteiger partial charge in [-0.3, -0.25) is 9.69 Å². The number of benzene rings is 1. The normalized spacial score (nSPS) is 19.9. The molecule has 1 N–H and O–H groups in total. The van der Waals surface area contributed by atoms with Crippen LogP contribution in [0.5, 0.6) is 0 Å². The van der Waals surface area contributed by atoms with E-state index in [1.165, 1.54) is 16.2 Å². The van der Waals surface area contributed by atoms with E-state index in [2.05, 4.69) is 11.9 Å². The Labute approximate surface area is 161 Å². The molecule has 2 heterocycles. The predicted molar refractivity (Wildman–Crippen MR) is 104 cm³/mol. The highest BCUT2D eigenvalue weighted by atomic mass is 35.5. The van der Waals surface area contributed by atoms with Crippen LogP contribution >= 0.6 is 22.9 Å². The van der Waals surface area contributed by atoms with Crippen molar-refractivity contribution in [3.63, 3.8) is 0 Å². The van der Waals surface area contributed by atoms with E-state index in [0.717, 1.165) is 10.4 Å². The Morgan fingerprint density at radius 3 is 2.62 bits per heavy atom. The monoisotopic (exact) mass is 389 g/mol. The molecule has 26 heavy (non-hydrogen) atoms. The number of rotatable bonds is 7. The SMILES string of the molecule is C=CCN(Cc1ccc(Cl)s1)CN1C(=O)N[C@](C)(c2ccccc2)C1=O. The number of hydrogen-bond acceptors (Lipinski definition) is 4. The fraction of sp³-hybridized carbons (Fsp3) is 0.263. The molecule has 5 nitrogen and oxygen atoms in total. The molecule has 1 aliphatic heterocycles. The van der Waals surface area contributed by atoms with Crippen molar-refractivity contribution in [1.82, 2.24) is 15.1 Å². The van der Waals surface area contributed by atoms with Crippen molar-refractivity contribution in [2.24, 2.45) is 0 Å². The van der Waals surface area contributed by atoms with E-state index in [-0.39, 0.29) is 18.6 Å². The summed E-state index contributed by atoms with van der Waals surface area (Å²) < 4.78 is 0.713. The number of carbonyl (C=O) groups excluding carboxylic acids is 2. The molecule has 136 valence electrons. The van der Waals surface area contributed by atoms with Crippen LogP contribution in [0.4, 0.5) is 4.79 Å². The summed E-state index contributed by atoms with van der Waals surface area (Å²) in [5.41, 5.74) is -0.286. The minimum atomic E-state index is -1.05. The molecule has 0 radical (unpaired) electrons. The molecule has 0 unspecified atom stereocenters. The van der Waals surface area contributed by atoms with Crippen molar-refractivity contribution in [2.45, 2.75) is 19.0 Å². The van der Waals surface area contributed by atoms with E-state index in [0.29, 0.717) is 17.4 Å². The van der Waals surface area contributed by atoms with E-state index < -0.39 is 5.54 Å². The topological polar surface area (TPSA) is 52.6 Å². The van der Waals surface area contributed by atoms with Crippen molar-refractivity contribution >= 4 is 34.9 Å². The number of amides is 3. The van der Waals surface area contributed by atoms with Crippen molar-refractivity contribution in [3.8, 4) is 0 Å². The molecule has 3 amide bonds. The van der Waals surface area contributed by atoms with Crippen LogP contribution < -0.4 is 5.32 Å². The molecular weight excluding hydrogens is 370 g/mol. The molecule has 1 fully saturated rings. The van der Waals surface area contributed by atoms with Gasteiger partial charge in [-0.05, 0) is 24.6 Å². The third-order valence-corrected chi connectivity index (χ3v) is 5.58. The Morgan fingerprint density at radius 2 is 2.00 bits per heavy atom. The highest BCUT2D eigenvalue weighted by molar-refractivity contribution is 7.16. The van der Waals surface area contributed by atoms with E-state index in [9.17, 15) is 9.59 Å². The molecule has 0 spiro atoms. The lowest BCUT2D eigenvalue weighted by Gasteiger charge is -2.26. The van der Waals surface area contributed by atoms with Crippen LogP contribution in [0.3, 0.4) is 0 Å². The second kappa shape index (κ2) is 7.61. The lowest BCUT2D eigenvalue weighted by atomic mass is 9.92. The fourth-order valence-electron chi connectivity index (χ4n) is 3.00. The van der Waals surface area contributed by atoms with E-state index in [1.54, 1.807) is 13.0 Å². The van der Waals surface area contributed by atoms with Crippen LogP contribution in [-0.4, -0.2) is 35.0 Å². The van der Waals surface area contributed by atoms with E-state index in [4.69, 9.17) is 11.6 Å². The molecule has 0 aliphatic carbocycles. The van der Waals surface area contributed by atoms with Gasteiger partial charge in [0.1, 0.15) is 5.54 Å². The number of nitrogens with zero attached hydrogens (tertiary/aromatic N) is 2. The average molecular weight is 390 g/mol. The number of nitrogens with one attached hydrogen (secondary N) is 1. The van der Waals surface area contributed by atoms with Gasteiger partial charge in [0.2, 0.25) is 0 Å². The van der Waals surface area contributed by atoms with Crippen LogP contribution in [-0.2, 0) is 16.9 Å². The summed E-state index contributed by atoms with van der Waals surface area (Å²) in [5, 5.41) is 2.83. The van der Waals surface area contributed by atoms with Gasteiger partial charge in [0.25, 0.3) is 5.91 Å². The predicted octanol–water partition coefficient (Wildman–Crippen LogP) is 3.81. The molecular formula is C19H20ClN3O2S. The maximum absolute atomic E-state index is 13.0. The molecule has 0 saturated carbocycles. The first kappa shape index (κ1) is 18.6. The van der Waals surface area contributed by atoms with Crippen molar-refractivity contribution in [3.05, 3.63) is 69.9 Å². The van der Waals surface area contributed by atoms with E-state index >= 15 is 0 Å². The van der Waals surface area contributed by atoms with Gasteiger partial charge in [-0.15, -0.1) is 17.9 Å². The number of urea groups is 1. The van der Waals surface area contributed by atoms with Crippen molar-refractivity contribution in [1.29, 1.82) is 0 Å². The highest BCUT2D eigenvalue weighted by Gasteiger charge is 2.49. The number of halogens is 1. The Kier molecular flexibility index (Phi) is 5.46. The summed E-state index contributed by atoms with van der Waals surface area (Å²) in [4.78, 5) is 29.8. The minimum Gasteiger partial charge on any atom is -0.319 e. The van der Waals surface area contributed by atoms with Gasteiger partial charge >= 0.3 is 6.03 Å². The third kappa shape index (κ3) is 3.67. The first-order chi connectivity index (χ1) is 12.4. The molecule has 2 aromatic rings. The summed E-state index contributed by atoms with van der Waals surface area (Å²) in [6.07, 6.45) is 1.75. The molecule has 1 aliphatic rings. The Bertz CT molecular complexity index is 823. The molecule has 3 rings (SSSR count). The third-order valence-electron chi connectivity index (χ3n) is 4.36. The van der Waals surface area contributed by atoms with Gasteiger partial charge in [-0.1, -0.05) is 48.0 Å². The van der Waals surface area contributed by atoms with Gasteiger partial charge in [0, 0.05) is 18.0 Å². The van der Waals surface area contributed by atoms with Crippen LogP contribution in [0, 0.1) is 0 Å². The summed E-state index contributed by atoms with van der Waals surface area (Å²) in [6, 6.07) is 12.7. The minimum absolute atomic E-state index is 0.189. The molecule has 0 bridgehead atoms. The Hall–Kier alpha value is -2.15. The lowest BCUT2D eigenvalue weighted by Crippen LogP contribution is -2.43. The molecule has 1 saturated heterocycles. The van der Waals surface area contributed by atoms with Crippen LogP contribution in [0.25, 0.3) is 0 Å². The molecule has 7 heteroatoms.